The third-order valence-electron chi connectivity index (χ3n) is 2.80. The molecule has 1 aliphatic rings. The van der Waals surface area contributed by atoms with Crippen molar-refractivity contribution in [3.05, 3.63) is 34.6 Å². The van der Waals surface area contributed by atoms with Gasteiger partial charge >= 0.3 is 0 Å². The first kappa shape index (κ1) is 13.3. The highest BCUT2D eigenvalue weighted by Gasteiger charge is 2.20. The van der Waals surface area contributed by atoms with Crippen LogP contribution in [-0.2, 0) is 11.3 Å². The zero-order valence-corrected chi connectivity index (χ0v) is 11.7. The van der Waals surface area contributed by atoms with E-state index in [1.54, 1.807) is 6.07 Å². The first-order valence-corrected chi connectivity index (χ1v) is 7.03. The number of benzene rings is 1. The highest BCUT2D eigenvalue weighted by atomic mass is 79.9. The predicted octanol–water partition coefficient (Wildman–Crippen LogP) is 3.07. The molecule has 1 unspecified atom stereocenters. The molecule has 0 amide bonds. The molecule has 1 aromatic carbocycles. The van der Waals surface area contributed by atoms with Crippen LogP contribution in [0.2, 0.25) is 5.02 Å². The molecule has 0 aromatic heterocycles. The Morgan fingerprint density at radius 2 is 2.35 bits per heavy atom. The summed E-state index contributed by atoms with van der Waals surface area (Å²) in [5, 5.41) is 1.33. The van der Waals surface area contributed by atoms with Crippen LogP contribution < -0.4 is 0 Å². The van der Waals surface area contributed by atoms with E-state index in [0.717, 1.165) is 37.1 Å². The molecule has 1 atom stereocenters. The summed E-state index contributed by atoms with van der Waals surface area (Å²) < 4.78 is 18.5. The van der Waals surface area contributed by atoms with Gasteiger partial charge in [-0.3, -0.25) is 4.90 Å². The van der Waals surface area contributed by atoms with Gasteiger partial charge in [0, 0.05) is 30.0 Å². The molecule has 1 saturated heterocycles. The van der Waals surface area contributed by atoms with Crippen LogP contribution in [0.4, 0.5) is 4.39 Å². The second-order valence-electron chi connectivity index (χ2n) is 4.12. The van der Waals surface area contributed by atoms with Crippen molar-refractivity contribution in [1.29, 1.82) is 0 Å². The van der Waals surface area contributed by atoms with E-state index in [0.29, 0.717) is 5.02 Å². The Morgan fingerprint density at radius 3 is 3.06 bits per heavy atom. The summed E-state index contributed by atoms with van der Waals surface area (Å²) in [7, 11) is 0. The minimum absolute atomic E-state index is 0.225. The number of alkyl halides is 1. The number of halogens is 3. The maximum atomic E-state index is 12.9. The predicted molar refractivity (Wildman–Crippen MR) is 70.2 cm³/mol. The average molecular weight is 323 g/mol. The molecule has 2 rings (SSSR count). The van der Waals surface area contributed by atoms with Crippen molar-refractivity contribution in [3.8, 4) is 0 Å². The summed E-state index contributed by atoms with van der Waals surface area (Å²) >= 11 is 9.43. The molecular weight excluding hydrogens is 308 g/mol. The molecule has 1 aliphatic heterocycles. The van der Waals surface area contributed by atoms with E-state index in [4.69, 9.17) is 16.3 Å². The lowest BCUT2D eigenvalue weighted by molar-refractivity contribution is -0.0181. The number of ether oxygens (including phenoxy) is 1. The van der Waals surface area contributed by atoms with Crippen molar-refractivity contribution in [1.82, 2.24) is 4.90 Å². The fourth-order valence-electron chi connectivity index (χ4n) is 1.91. The molecule has 0 N–H and O–H groups in total. The summed E-state index contributed by atoms with van der Waals surface area (Å²) in [6.07, 6.45) is 0.225. The molecule has 0 bridgehead atoms. The van der Waals surface area contributed by atoms with Gasteiger partial charge in [0.1, 0.15) is 5.82 Å². The topological polar surface area (TPSA) is 12.5 Å². The molecule has 17 heavy (non-hydrogen) atoms. The van der Waals surface area contributed by atoms with Crippen molar-refractivity contribution in [2.45, 2.75) is 12.6 Å². The van der Waals surface area contributed by atoms with Gasteiger partial charge in [0.05, 0.1) is 12.7 Å². The third-order valence-corrected chi connectivity index (χ3v) is 3.88. The van der Waals surface area contributed by atoms with Gasteiger partial charge in [-0.2, -0.15) is 0 Å². The second kappa shape index (κ2) is 6.14. The quantitative estimate of drug-likeness (QED) is 0.793. The van der Waals surface area contributed by atoms with Gasteiger partial charge in [-0.1, -0.05) is 33.6 Å². The third kappa shape index (κ3) is 3.65. The standard InChI is InChI=1S/C12H14BrClFNO/c13-6-11-8-16(3-4-17-11)7-9-1-2-10(15)5-12(9)14/h1-2,5,11H,3-4,6-8H2. The van der Waals surface area contributed by atoms with Gasteiger partial charge in [-0.25, -0.2) is 4.39 Å². The minimum atomic E-state index is -0.293. The van der Waals surface area contributed by atoms with Crippen molar-refractivity contribution >= 4 is 27.5 Å². The second-order valence-corrected chi connectivity index (χ2v) is 5.17. The lowest BCUT2D eigenvalue weighted by Crippen LogP contribution is -2.42. The van der Waals surface area contributed by atoms with E-state index in [1.165, 1.54) is 12.1 Å². The Labute approximate surface area is 114 Å². The SMILES string of the molecule is Fc1ccc(CN2CCOC(CBr)C2)c(Cl)c1. The molecule has 0 radical (unpaired) electrons. The first-order valence-electron chi connectivity index (χ1n) is 5.53. The fraction of sp³-hybridized carbons (Fsp3) is 0.500. The van der Waals surface area contributed by atoms with Crippen LogP contribution >= 0.6 is 27.5 Å². The van der Waals surface area contributed by atoms with Crippen molar-refractivity contribution < 1.29 is 9.13 Å². The van der Waals surface area contributed by atoms with Crippen LogP contribution in [0.3, 0.4) is 0 Å². The normalized spacial score (nSPS) is 21.7. The zero-order valence-electron chi connectivity index (χ0n) is 9.33. The molecule has 0 aliphatic carbocycles. The molecule has 0 spiro atoms. The Morgan fingerprint density at radius 1 is 1.53 bits per heavy atom. The van der Waals surface area contributed by atoms with E-state index in [-0.39, 0.29) is 11.9 Å². The van der Waals surface area contributed by atoms with E-state index in [2.05, 4.69) is 20.8 Å². The van der Waals surface area contributed by atoms with Crippen LogP contribution in [0, 0.1) is 5.82 Å². The molecule has 5 heteroatoms. The van der Waals surface area contributed by atoms with Gasteiger partial charge in [0.2, 0.25) is 0 Å². The van der Waals surface area contributed by atoms with Crippen LogP contribution in [0.5, 0.6) is 0 Å². The van der Waals surface area contributed by atoms with E-state index < -0.39 is 0 Å². The van der Waals surface area contributed by atoms with E-state index >= 15 is 0 Å². The first-order chi connectivity index (χ1) is 8.19. The van der Waals surface area contributed by atoms with E-state index in [1.807, 2.05) is 0 Å². The van der Waals surface area contributed by atoms with Gasteiger partial charge in [-0.15, -0.1) is 0 Å². The Hall–Kier alpha value is -0.160. The maximum absolute atomic E-state index is 12.9. The van der Waals surface area contributed by atoms with E-state index in [9.17, 15) is 4.39 Å². The Bertz CT molecular complexity index is 391. The smallest absolute Gasteiger partial charge is 0.124 e. The van der Waals surface area contributed by atoms with Crippen molar-refractivity contribution in [3.63, 3.8) is 0 Å². The summed E-state index contributed by atoms with van der Waals surface area (Å²) in [5.41, 5.74) is 0.961. The van der Waals surface area contributed by atoms with Crippen molar-refractivity contribution in [2.75, 3.05) is 25.0 Å². The van der Waals surface area contributed by atoms with Crippen molar-refractivity contribution in [2.24, 2.45) is 0 Å². The highest BCUT2D eigenvalue weighted by Crippen LogP contribution is 2.20. The van der Waals surface area contributed by atoms with Crippen LogP contribution in [0.1, 0.15) is 5.56 Å². The number of hydrogen-bond acceptors (Lipinski definition) is 2. The molecule has 2 nitrogen and oxygen atoms in total. The molecule has 1 aromatic rings. The lowest BCUT2D eigenvalue weighted by Gasteiger charge is -2.32. The van der Waals surface area contributed by atoms with Gasteiger partial charge < -0.3 is 4.74 Å². The summed E-state index contributed by atoms with van der Waals surface area (Å²) in [4.78, 5) is 2.27. The minimum Gasteiger partial charge on any atom is -0.375 e. The number of rotatable bonds is 3. The number of hydrogen-bond donors (Lipinski definition) is 0. The molecule has 94 valence electrons. The summed E-state index contributed by atoms with van der Waals surface area (Å²) in [6.45, 7) is 3.23. The molecule has 0 saturated carbocycles. The van der Waals surface area contributed by atoms with Crippen LogP contribution in [0.15, 0.2) is 18.2 Å². The van der Waals surface area contributed by atoms with Crippen LogP contribution in [-0.4, -0.2) is 36.0 Å². The average Bonchev–Trinajstić information content (AvgIpc) is 2.33. The largest absolute Gasteiger partial charge is 0.375 e. The summed E-state index contributed by atoms with van der Waals surface area (Å²) in [6, 6.07) is 4.55. The molecular formula is C12H14BrClFNO. The van der Waals surface area contributed by atoms with Gasteiger partial charge in [-0.05, 0) is 17.7 Å². The highest BCUT2D eigenvalue weighted by molar-refractivity contribution is 9.09. The molecule has 1 fully saturated rings. The number of morpholine rings is 1. The molecule has 1 heterocycles. The van der Waals surface area contributed by atoms with Gasteiger partial charge in [0.25, 0.3) is 0 Å². The van der Waals surface area contributed by atoms with Gasteiger partial charge in [0.15, 0.2) is 0 Å². The Balaban J connectivity index is 2.00. The monoisotopic (exact) mass is 321 g/mol. The lowest BCUT2D eigenvalue weighted by atomic mass is 10.2. The number of nitrogens with zero attached hydrogens (tertiary/aromatic N) is 1. The van der Waals surface area contributed by atoms with Crippen LogP contribution in [0.25, 0.3) is 0 Å². The maximum Gasteiger partial charge on any atom is 0.124 e. The Kier molecular flexibility index (Phi) is 4.79. The zero-order chi connectivity index (χ0) is 12.3. The summed E-state index contributed by atoms with van der Waals surface area (Å²) in [5.74, 6) is -0.293. The fourth-order valence-corrected chi connectivity index (χ4v) is 2.53.